The molecule has 0 aliphatic heterocycles. The predicted molar refractivity (Wildman–Crippen MR) is 128 cm³/mol. The highest BCUT2D eigenvalue weighted by Crippen LogP contribution is 2.27. The third-order valence-corrected chi connectivity index (χ3v) is 5.63. The summed E-state index contributed by atoms with van der Waals surface area (Å²) < 4.78 is 12.5. The van der Waals surface area contributed by atoms with E-state index in [9.17, 15) is 9.59 Å². The molecule has 0 atom stereocenters. The number of fused-ring (bicyclic) bond motifs is 1. The number of likely N-dealkylation sites (N-methyl/N-ethyl adjacent to an activating group) is 1. The van der Waals surface area contributed by atoms with Gasteiger partial charge in [-0.05, 0) is 43.7 Å². The monoisotopic (exact) mass is 452 g/mol. The maximum absolute atomic E-state index is 12.7. The molecule has 2 amide bonds. The van der Waals surface area contributed by atoms with Crippen molar-refractivity contribution in [1.29, 1.82) is 0 Å². The Labute approximate surface area is 194 Å². The Morgan fingerprint density at radius 1 is 1.03 bits per heavy atom. The van der Waals surface area contributed by atoms with Crippen molar-refractivity contribution < 1.29 is 19.1 Å². The number of aromatic nitrogens is 2. The second-order valence-electron chi connectivity index (χ2n) is 7.63. The van der Waals surface area contributed by atoms with Crippen LogP contribution >= 0.6 is 0 Å². The van der Waals surface area contributed by atoms with Gasteiger partial charge in [0.05, 0.1) is 31.7 Å². The van der Waals surface area contributed by atoms with E-state index in [4.69, 9.17) is 14.5 Å². The Morgan fingerprint density at radius 3 is 2.45 bits per heavy atom. The van der Waals surface area contributed by atoms with Gasteiger partial charge in [0.15, 0.2) is 11.5 Å². The molecule has 0 bridgehead atoms. The lowest BCUT2D eigenvalue weighted by atomic mass is 10.1. The van der Waals surface area contributed by atoms with Crippen LogP contribution < -0.4 is 14.8 Å². The number of carbonyl (C=O) groups is 2. The first-order valence-corrected chi connectivity index (χ1v) is 11.2. The molecule has 0 unspecified atom stereocenters. The van der Waals surface area contributed by atoms with Crippen molar-refractivity contribution in [3.8, 4) is 11.5 Å². The summed E-state index contributed by atoms with van der Waals surface area (Å²) in [5.74, 6) is 1.96. The predicted octanol–water partition coefficient (Wildman–Crippen LogP) is 2.82. The summed E-state index contributed by atoms with van der Waals surface area (Å²) in [5.41, 5.74) is 2.60. The Kier molecular flexibility index (Phi) is 8.29. The quantitative estimate of drug-likeness (QED) is 0.484. The van der Waals surface area contributed by atoms with Gasteiger partial charge in [0, 0.05) is 26.1 Å². The van der Waals surface area contributed by atoms with E-state index in [1.165, 1.54) is 0 Å². The molecular formula is C25H32N4O4. The molecule has 33 heavy (non-hydrogen) atoms. The van der Waals surface area contributed by atoms with E-state index in [1.54, 1.807) is 26.4 Å². The van der Waals surface area contributed by atoms with Crippen LogP contribution in [0.5, 0.6) is 11.5 Å². The molecule has 1 heterocycles. The normalized spacial score (nSPS) is 10.8. The number of rotatable bonds is 11. The minimum absolute atomic E-state index is 0.0573. The van der Waals surface area contributed by atoms with Crippen LogP contribution in [0, 0.1) is 0 Å². The van der Waals surface area contributed by atoms with Gasteiger partial charge < -0.3 is 24.3 Å². The second kappa shape index (κ2) is 11.4. The SMILES string of the molecule is CCN(CC)C(=O)Cn1c(CCNC(=O)Cc2ccc(OC)c(OC)c2)nc2ccccc21. The van der Waals surface area contributed by atoms with Crippen LogP contribution in [0.15, 0.2) is 42.5 Å². The van der Waals surface area contributed by atoms with Crippen molar-refractivity contribution in [2.75, 3.05) is 33.9 Å². The molecule has 3 aromatic rings. The van der Waals surface area contributed by atoms with Crippen molar-refractivity contribution in [2.24, 2.45) is 0 Å². The number of nitrogens with one attached hydrogen (secondary N) is 1. The zero-order valence-electron chi connectivity index (χ0n) is 19.8. The average molecular weight is 453 g/mol. The molecule has 8 heteroatoms. The summed E-state index contributed by atoms with van der Waals surface area (Å²) in [4.78, 5) is 31.7. The Balaban J connectivity index is 1.66. The molecule has 0 aliphatic carbocycles. The largest absolute Gasteiger partial charge is 0.493 e. The fraction of sp³-hybridized carbons (Fsp3) is 0.400. The third-order valence-electron chi connectivity index (χ3n) is 5.63. The van der Waals surface area contributed by atoms with Crippen LogP contribution in [0.25, 0.3) is 11.0 Å². The number of nitrogens with zero attached hydrogens (tertiary/aromatic N) is 3. The van der Waals surface area contributed by atoms with Crippen LogP contribution in [0.4, 0.5) is 0 Å². The lowest BCUT2D eigenvalue weighted by molar-refractivity contribution is -0.131. The molecule has 0 spiro atoms. The van der Waals surface area contributed by atoms with Gasteiger partial charge in [-0.3, -0.25) is 9.59 Å². The first-order valence-electron chi connectivity index (χ1n) is 11.2. The summed E-state index contributed by atoms with van der Waals surface area (Å²) in [7, 11) is 3.14. The van der Waals surface area contributed by atoms with Gasteiger partial charge in [-0.2, -0.15) is 0 Å². The van der Waals surface area contributed by atoms with Gasteiger partial charge in [-0.15, -0.1) is 0 Å². The number of amides is 2. The van der Waals surface area contributed by atoms with E-state index in [-0.39, 0.29) is 24.8 Å². The number of hydrogen-bond acceptors (Lipinski definition) is 5. The Morgan fingerprint density at radius 2 is 1.76 bits per heavy atom. The molecular weight excluding hydrogens is 420 g/mol. The number of hydrogen-bond donors (Lipinski definition) is 1. The zero-order valence-corrected chi connectivity index (χ0v) is 19.8. The highest BCUT2D eigenvalue weighted by Gasteiger charge is 2.17. The van der Waals surface area contributed by atoms with E-state index in [2.05, 4.69) is 5.32 Å². The van der Waals surface area contributed by atoms with Gasteiger partial charge in [0.2, 0.25) is 11.8 Å². The molecule has 1 aromatic heterocycles. The number of benzene rings is 2. The molecule has 0 fully saturated rings. The lowest BCUT2D eigenvalue weighted by Crippen LogP contribution is -2.34. The van der Waals surface area contributed by atoms with Crippen LogP contribution in [0.1, 0.15) is 25.2 Å². The molecule has 0 aliphatic rings. The van der Waals surface area contributed by atoms with Crippen LogP contribution in [-0.2, 0) is 29.0 Å². The minimum atomic E-state index is -0.0934. The van der Waals surface area contributed by atoms with E-state index in [0.717, 1.165) is 22.4 Å². The van der Waals surface area contributed by atoms with E-state index >= 15 is 0 Å². The zero-order chi connectivity index (χ0) is 23.8. The molecule has 0 saturated carbocycles. The summed E-state index contributed by atoms with van der Waals surface area (Å²) in [6.45, 7) is 5.95. The van der Waals surface area contributed by atoms with Crippen molar-refractivity contribution in [3.63, 3.8) is 0 Å². The molecule has 176 valence electrons. The fourth-order valence-electron chi connectivity index (χ4n) is 3.86. The topological polar surface area (TPSA) is 85.7 Å². The van der Waals surface area contributed by atoms with E-state index < -0.39 is 0 Å². The van der Waals surface area contributed by atoms with Crippen LogP contribution in [0.3, 0.4) is 0 Å². The molecule has 0 radical (unpaired) electrons. The molecule has 8 nitrogen and oxygen atoms in total. The summed E-state index contributed by atoms with van der Waals surface area (Å²) in [6, 6.07) is 13.2. The summed E-state index contributed by atoms with van der Waals surface area (Å²) in [5, 5.41) is 2.96. The molecule has 2 aromatic carbocycles. The average Bonchev–Trinajstić information content (AvgIpc) is 3.16. The second-order valence-corrected chi connectivity index (χ2v) is 7.63. The molecule has 1 N–H and O–H groups in total. The van der Waals surface area contributed by atoms with Crippen molar-refractivity contribution in [3.05, 3.63) is 53.9 Å². The van der Waals surface area contributed by atoms with Crippen molar-refractivity contribution in [1.82, 2.24) is 19.8 Å². The van der Waals surface area contributed by atoms with Gasteiger partial charge in [-0.25, -0.2) is 4.98 Å². The Hall–Kier alpha value is -3.55. The van der Waals surface area contributed by atoms with Gasteiger partial charge in [-0.1, -0.05) is 18.2 Å². The Bertz CT molecular complexity index is 1100. The highest BCUT2D eigenvalue weighted by molar-refractivity contribution is 5.81. The number of ether oxygens (including phenoxy) is 2. The smallest absolute Gasteiger partial charge is 0.242 e. The first-order chi connectivity index (χ1) is 16.0. The maximum Gasteiger partial charge on any atom is 0.242 e. The minimum Gasteiger partial charge on any atom is -0.493 e. The lowest BCUT2D eigenvalue weighted by Gasteiger charge is -2.20. The number of carbonyl (C=O) groups excluding carboxylic acids is 2. The van der Waals surface area contributed by atoms with Crippen LogP contribution in [0.2, 0.25) is 0 Å². The number of imidazole rings is 1. The molecule has 3 rings (SSSR count). The third kappa shape index (κ3) is 5.83. The van der Waals surface area contributed by atoms with Gasteiger partial charge >= 0.3 is 0 Å². The highest BCUT2D eigenvalue weighted by atomic mass is 16.5. The summed E-state index contributed by atoms with van der Waals surface area (Å²) >= 11 is 0. The number of para-hydroxylation sites is 2. The molecule has 0 saturated heterocycles. The first kappa shape index (κ1) is 24.1. The standard InChI is InChI=1S/C25H32N4O4/c1-5-28(6-2)25(31)17-29-20-10-8-7-9-19(20)27-23(29)13-14-26-24(30)16-18-11-12-21(32-3)22(15-18)33-4/h7-12,15H,5-6,13-14,16-17H2,1-4H3,(H,26,30). The maximum atomic E-state index is 12.7. The number of methoxy groups -OCH3 is 2. The van der Waals surface area contributed by atoms with E-state index in [1.807, 2.05) is 53.6 Å². The van der Waals surface area contributed by atoms with Gasteiger partial charge in [0.25, 0.3) is 0 Å². The van der Waals surface area contributed by atoms with E-state index in [0.29, 0.717) is 37.6 Å². The van der Waals surface area contributed by atoms with Crippen LogP contribution in [-0.4, -0.2) is 60.1 Å². The van der Waals surface area contributed by atoms with Crippen molar-refractivity contribution in [2.45, 2.75) is 33.2 Å². The van der Waals surface area contributed by atoms with Gasteiger partial charge in [0.1, 0.15) is 12.4 Å². The summed E-state index contributed by atoms with van der Waals surface area (Å²) in [6.07, 6.45) is 0.759. The van der Waals surface area contributed by atoms with Crippen molar-refractivity contribution >= 4 is 22.8 Å². The fourth-order valence-corrected chi connectivity index (χ4v) is 3.86.